The Kier molecular flexibility index (Phi) is 7.56. The highest BCUT2D eigenvalue weighted by Crippen LogP contribution is 2.57. The van der Waals surface area contributed by atoms with Crippen LogP contribution in [0.4, 0.5) is 0 Å². The summed E-state index contributed by atoms with van der Waals surface area (Å²) in [7, 11) is 0. The number of Topliss-reactive ketones (excluding diaryl/α,β-unsaturated/α-hetero) is 1. The number of hydrogen-bond acceptors (Lipinski definition) is 7. The van der Waals surface area contributed by atoms with Crippen LogP contribution in [0, 0.1) is 17.8 Å². The molecule has 2 fully saturated rings. The lowest BCUT2D eigenvalue weighted by atomic mass is 9.59. The number of aromatic hydroxyl groups is 1. The molecule has 2 amide bonds. The minimum absolute atomic E-state index is 0.0795. The van der Waals surface area contributed by atoms with Crippen LogP contribution in [-0.2, 0) is 25.7 Å². The molecule has 2 aromatic carbocycles. The van der Waals surface area contributed by atoms with Gasteiger partial charge in [-0.15, -0.1) is 0 Å². The SMILES string of the molecule is CCOc1cccc(C2C3=CCC4C(=O)N(C5CCN(Cc6ccccc6)CC5)C(=O)C4C3CC3=C2C(=O)C=C(C)C3=O)c1O. The van der Waals surface area contributed by atoms with Crippen LogP contribution < -0.4 is 4.74 Å². The zero-order chi connectivity index (χ0) is 31.4. The summed E-state index contributed by atoms with van der Waals surface area (Å²) in [5.74, 6) is -2.78. The van der Waals surface area contributed by atoms with E-state index in [1.807, 2.05) is 31.2 Å². The van der Waals surface area contributed by atoms with Gasteiger partial charge in [0, 0.05) is 53.9 Å². The zero-order valence-electron chi connectivity index (χ0n) is 25.7. The molecule has 0 spiro atoms. The van der Waals surface area contributed by atoms with Crippen LogP contribution in [0.5, 0.6) is 11.5 Å². The minimum atomic E-state index is -0.709. The fraction of sp³-hybridized carbons (Fsp3) is 0.405. The van der Waals surface area contributed by atoms with E-state index in [9.17, 15) is 24.3 Å². The summed E-state index contributed by atoms with van der Waals surface area (Å²) in [4.78, 5) is 59.3. The Morgan fingerprint density at radius 2 is 1.69 bits per heavy atom. The molecule has 3 aliphatic carbocycles. The Morgan fingerprint density at radius 3 is 2.42 bits per heavy atom. The van der Waals surface area contributed by atoms with Gasteiger partial charge < -0.3 is 9.84 Å². The second-order valence-corrected chi connectivity index (χ2v) is 12.9. The number of rotatable bonds is 6. The molecule has 232 valence electrons. The van der Waals surface area contributed by atoms with Gasteiger partial charge in [0.15, 0.2) is 23.1 Å². The molecule has 4 unspecified atom stereocenters. The maximum Gasteiger partial charge on any atom is 0.233 e. The third-order valence-corrected chi connectivity index (χ3v) is 10.4. The first-order valence-corrected chi connectivity index (χ1v) is 16.1. The van der Waals surface area contributed by atoms with Crippen molar-refractivity contribution < 1.29 is 29.0 Å². The van der Waals surface area contributed by atoms with E-state index in [0.29, 0.717) is 41.1 Å². The van der Waals surface area contributed by atoms with Gasteiger partial charge in [-0.25, -0.2) is 0 Å². The smallest absolute Gasteiger partial charge is 0.233 e. The summed E-state index contributed by atoms with van der Waals surface area (Å²) in [5, 5.41) is 11.3. The lowest BCUT2D eigenvalue weighted by Crippen LogP contribution is -2.47. The van der Waals surface area contributed by atoms with Gasteiger partial charge in [-0.05, 0) is 63.2 Å². The highest BCUT2D eigenvalue weighted by Gasteiger charge is 2.57. The van der Waals surface area contributed by atoms with Crippen molar-refractivity contribution in [1.82, 2.24) is 9.80 Å². The highest BCUT2D eigenvalue weighted by atomic mass is 16.5. The molecule has 0 saturated carbocycles. The van der Waals surface area contributed by atoms with Crippen molar-refractivity contribution in [3.8, 4) is 11.5 Å². The maximum atomic E-state index is 14.3. The predicted molar refractivity (Wildman–Crippen MR) is 167 cm³/mol. The number of phenolic OH excluding ortho intramolecular Hbond substituents is 1. The molecule has 2 aromatic rings. The first-order valence-electron chi connectivity index (χ1n) is 16.1. The van der Waals surface area contributed by atoms with Crippen LogP contribution in [-0.4, -0.2) is 64.0 Å². The normalized spacial score (nSPS) is 27.2. The van der Waals surface area contributed by atoms with E-state index in [0.717, 1.165) is 38.0 Å². The van der Waals surface area contributed by atoms with Crippen molar-refractivity contribution in [2.45, 2.75) is 58.0 Å². The number of amides is 2. The van der Waals surface area contributed by atoms with Gasteiger partial charge in [0.2, 0.25) is 11.8 Å². The molecule has 1 N–H and O–H groups in total. The number of imide groups is 1. The number of nitrogens with zero attached hydrogens (tertiary/aromatic N) is 2. The van der Waals surface area contributed by atoms with E-state index in [2.05, 4.69) is 17.0 Å². The molecule has 2 aliphatic heterocycles. The number of phenols is 1. The lowest BCUT2D eigenvalue weighted by molar-refractivity contribution is -0.144. The fourth-order valence-corrected chi connectivity index (χ4v) is 8.34. The zero-order valence-corrected chi connectivity index (χ0v) is 25.7. The maximum absolute atomic E-state index is 14.3. The number of ketones is 2. The number of benzene rings is 2. The number of carbonyl (C=O) groups is 4. The molecule has 2 saturated heterocycles. The van der Waals surface area contributed by atoms with Crippen molar-refractivity contribution in [2.24, 2.45) is 17.8 Å². The van der Waals surface area contributed by atoms with Crippen LogP contribution in [0.25, 0.3) is 0 Å². The topological polar surface area (TPSA) is 104 Å². The Bertz CT molecular complexity index is 1680. The van der Waals surface area contributed by atoms with E-state index in [-0.39, 0.29) is 41.6 Å². The Balaban J connectivity index is 1.20. The average Bonchev–Trinajstić information content (AvgIpc) is 3.30. The average molecular weight is 607 g/mol. The third kappa shape index (κ3) is 4.86. The second-order valence-electron chi connectivity index (χ2n) is 12.9. The fourth-order valence-electron chi connectivity index (χ4n) is 8.34. The molecular formula is C37H38N2O6. The number of fused-ring (bicyclic) bond motifs is 3. The van der Waals surface area contributed by atoms with E-state index in [1.54, 1.807) is 25.1 Å². The number of allylic oxidation sites excluding steroid dienone is 6. The van der Waals surface area contributed by atoms with Crippen LogP contribution in [0.1, 0.15) is 56.6 Å². The molecular weight excluding hydrogens is 568 g/mol. The molecule has 0 aromatic heterocycles. The van der Waals surface area contributed by atoms with Gasteiger partial charge in [0.1, 0.15) is 0 Å². The van der Waals surface area contributed by atoms with Crippen molar-refractivity contribution >= 4 is 23.4 Å². The summed E-state index contributed by atoms with van der Waals surface area (Å²) in [6.45, 7) is 6.25. The third-order valence-electron chi connectivity index (χ3n) is 10.4. The van der Waals surface area contributed by atoms with E-state index < -0.39 is 23.7 Å². The number of piperidine rings is 1. The van der Waals surface area contributed by atoms with Crippen molar-refractivity contribution in [2.75, 3.05) is 19.7 Å². The first kappa shape index (κ1) is 29.4. The molecule has 0 bridgehead atoms. The molecule has 7 rings (SSSR count). The molecule has 45 heavy (non-hydrogen) atoms. The van der Waals surface area contributed by atoms with Gasteiger partial charge in [-0.2, -0.15) is 0 Å². The summed E-state index contributed by atoms with van der Waals surface area (Å²) >= 11 is 0. The monoisotopic (exact) mass is 606 g/mol. The molecule has 4 atom stereocenters. The van der Waals surface area contributed by atoms with Crippen molar-refractivity contribution in [3.63, 3.8) is 0 Å². The highest BCUT2D eigenvalue weighted by molar-refractivity contribution is 6.23. The summed E-state index contributed by atoms with van der Waals surface area (Å²) in [6.07, 6.45) is 5.42. The second kappa shape index (κ2) is 11.6. The van der Waals surface area contributed by atoms with Gasteiger partial charge in [-0.1, -0.05) is 54.1 Å². The number of likely N-dealkylation sites (tertiary alicyclic amines) is 2. The van der Waals surface area contributed by atoms with E-state index in [4.69, 9.17) is 4.74 Å². The van der Waals surface area contributed by atoms with Gasteiger partial charge in [0.05, 0.1) is 18.4 Å². The van der Waals surface area contributed by atoms with Crippen molar-refractivity contribution in [1.29, 1.82) is 0 Å². The predicted octanol–water partition coefficient (Wildman–Crippen LogP) is 4.89. The number of ether oxygens (including phenoxy) is 1. The Morgan fingerprint density at radius 1 is 0.933 bits per heavy atom. The lowest BCUT2D eigenvalue weighted by Gasteiger charge is -2.42. The van der Waals surface area contributed by atoms with Gasteiger partial charge in [0.25, 0.3) is 0 Å². The minimum Gasteiger partial charge on any atom is -0.504 e. The number of para-hydroxylation sites is 1. The van der Waals surface area contributed by atoms with Crippen molar-refractivity contribution in [3.05, 3.63) is 94.1 Å². The molecule has 2 heterocycles. The molecule has 8 heteroatoms. The molecule has 5 aliphatic rings. The standard InChI is InChI=1S/C37H38N2O6/c1-3-45-30-11-7-10-25(35(30)42)31-24-12-13-26-32(27(24)19-28-33(31)29(40)18-21(2)34(28)41)37(44)39(36(26)43)23-14-16-38(17-15-23)20-22-8-5-4-6-9-22/h4-12,18,23,26-27,31-32,42H,3,13-17,19-20H2,1-2H3. The van der Waals surface area contributed by atoms with Crippen LogP contribution in [0.15, 0.2) is 83.0 Å². The van der Waals surface area contributed by atoms with Crippen LogP contribution in [0.2, 0.25) is 0 Å². The number of hydrogen-bond donors (Lipinski definition) is 1. The van der Waals surface area contributed by atoms with Crippen LogP contribution in [0.3, 0.4) is 0 Å². The van der Waals surface area contributed by atoms with Gasteiger partial charge in [-0.3, -0.25) is 29.0 Å². The quantitative estimate of drug-likeness (QED) is 0.284. The van der Waals surface area contributed by atoms with E-state index >= 15 is 0 Å². The summed E-state index contributed by atoms with van der Waals surface area (Å²) in [5.41, 5.74) is 3.65. The first-order chi connectivity index (χ1) is 21.8. The molecule has 8 nitrogen and oxygen atoms in total. The summed E-state index contributed by atoms with van der Waals surface area (Å²) in [6, 6.07) is 15.3. The number of carbonyl (C=O) groups excluding carboxylic acids is 4. The van der Waals surface area contributed by atoms with Crippen LogP contribution >= 0.6 is 0 Å². The molecule has 0 radical (unpaired) electrons. The van der Waals surface area contributed by atoms with E-state index in [1.165, 1.54) is 16.5 Å². The largest absolute Gasteiger partial charge is 0.504 e. The summed E-state index contributed by atoms with van der Waals surface area (Å²) < 4.78 is 5.67. The Labute approximate surface area is 263 Å². The van der Waals surface area contributed by atoms with Gasteiger partial charge >= 0.3 is 0 Å². The Hall–Kier alpha value is -4.30.